The Morgan fingerprint density at radius 3 is 2.83 bits per heavy atom. The van der Waals surface area contributed by atoms with Crippen molar-refractivity contribution < 1.29 is 13.6 Å². The SMILES string of the molecule is CCc1ccc2occ(C(=O)N3CCC(c4nnco4)CC3)c2c1. The Kier molecular flexibility index (Phi) is 3.80. The molecule has 0 bridgehead atoms. The van der Waals surface area contributed by atoms with Crippen molar-refractivity contribution in [3.05, 3.63) is 47.9 Å². The summed E-state index contributed by atoms with van der Waals surface area (Å²) in [5, 5.41) is 8.62. The second-order valence-corrected chi connectivity index (χ2v) is 6.18. The zero-order chi connectivity index (χ0) is 16.5. The average molecular weight is 325 g/mol. The number of piperidine rings is 1. The maximum Gasteiger partial charge on any atom is 0.257 e. The van der Waals surface area contributed by atoms with E-state index in [1.165, 1.54) is 12.0 Å². The summed E-state index contributed by atoms with van der Waals surface area (Å²) < 4.78 is 10.8. The predicted molar refractivity (Wildman–Crippen MR) is 87.8 cm³/mol. The highest BCUT2D eigenvalue weighted by atomic mass is 16.4. The molecule has 0 radical (unpaired) electrons. The highest BCUT2D eigenvalue weighted by molar-refractivity contribution is 6.06. The summed E-state index contributed by atoms with van der Waals surface area (Å²) in [7, 11) is 0. The molecule has 0 unspecified atom stereocenters. The number of carbonyl (C=O) groups excluding carboxylic acids is 1. The van der Waals surface area contributed by atoms with Crippen LogP contribution in [0.5, 0.6) is 0 Å². The van der Waals surface area contributed by atoms with Gasteiger partial charge in [0.05, 0.1) is 5.56 Å². The molecule has 1 amide bonds. The highest BCUT2D eigenvalue weighted by Crippen LogP contribution is 2.29. The van der Waals surface area contributed by atoms with Gasteiger partial charge in [-0.15, -0.1) is 10.2 Å². The maximum atomic E-state index is 12.9. The molecule has 0 atom stereocenters. The first-order valence-electron chi connectivity index (χ1n) is 8.31. The monoisotopic (exact) mass is 325 g/mol. The fourth-order valence-corrected chi connectivity index (χ4v) is 3.32. The Morgan fingerprint density at radius 2 is 2.12 bits per heavy atom. The van der Waals surface area contributed by atoms with Gasteiger partial charge in [-0.2, -0.15) is 0 Å². The molecule has 2 aromatic heterocycles. The lowest BCUT2D eigenvalue weighted by molar-refractivity contribution is 0.0707. The van der Waals surface area contributed by atoms with Gasteiger partial charge in [-0.1, -0.05) is 13.0 Å². The zero-order valence-corrected chi connectivity index (χ0v) is 13.6. The number of aromatic nitrogens is 2. The third-order valence-electron chi connectivity index (χ3n) is 4.78. The van der Waals surface area contributed by atoms with E-state index in [9.17, 15) is 4.79 Å². The predicted octanol–water partition coefficient (Wildman–Crippen LogP) is 3.40. The molecule has 1 saturated heterocycles. The first kappa shape index (κ1) is 14.9. The lowest BCUT2D eigenvalue weighted by Crippen LogP contribution is -2.37. The Balaban J connectivity index is 1.52. The molecule has 0 spiro atoms. The zero-order valence-electron chi connectivity index (χ0n) is 13.6. The lowest BCUT2D eigenvalue weighted by atomic mass is 9.96. The van der Waals surface area contributed by atoms with Crippen molar-refractivity contribution in [2.24, 2.45) is 0 Å². The van der Waals surface area contributed by atoms with Crippen LogP contribution in [0.4, 0.5) is 0 Å². The summed E-state index contributed by atoms with van der Waals surface area (Å²) in [4.78, 5) is 14.8. The number of rotatable bonds is 3. The van der Waals surface area contributed by atoms with Gasteiger partial charge >= 0.3 is 0 Å². The fourth-order valence-electron chi connectivity index (χ4n) is 3.32. The van der Waals surface area contributed by atoms with Crippen molar-refractivity contribution in [3.8, 4) is 0 Å². The molecule has 0 aliphatic carbocycles. The van der Waals surface area contributed by atoms with Crippen LogP contribution >= 0.6 is 0 Å². The van der Waals surface area contributed by atoms with Gasteiger partial charge in [-0.25, -0.2) is 0 Å². The van der Waals surface area contributed by atoms with Crippen LogP contribution in [0.3, 0.4) is 0 Å². The Hall–Kier alpha value is -2.63. The topological polar surface area (TPSA) is 72.4 Å². The first-order chi connectivity index (χ1) is 11.8. The molecular weight excluding hydrogens is 306 g/mol. The van der Waals surface area contributed by atoms with E-state index in [-0.39, 0.29) is 11.8 Å². The van der Waals surface area contributed by atoms with E-state index in [1.807, 2.05) is 17.0 Å². The van der Waals surface area contributed by atoms with E-state index >= 15 is 0 Å². The number of amides is 1. The minimum atomic E-state index is 0.0333. The molecule has 1 aliphatic heterocycles. The number of aryl methyl sites for hydroxylation is 1. The van der Waals surface area contributed by atoms with Gasteiger partial charge in [0.25, 0.3) is 5.91 Å². The minimum Gasteiger partial charge on any atom is -0.463 e. The van der Waals surface area contributed by atoms with Gasteiger partial charge in [-0.05, 0) is 37.0 Å². The number of fused-ring (bicyclic) bond motifs is 1. The van der Waals surface area contributed by atoms with Crippen LogP contribution in [-0.4, -0.2) is 34.1 Å². The molecule has 3 aromatic rings. The summed E-state index contributed by atoms with van der Waals surface area (Å²) in [5.74, 6) is 0.943. The molecule has 6 heteroatoms. The van der Waals surface area contributed by atoms with Crippen LogP contribution in [0.1, 0.15) is 47.5 Å². The summed E-state index contributed by atoms with van der Waals surface area (Å²) in [5.41, 5.74) is 2.61. The normalized spacial score (nSPS) is 16.0. The average Bonchev–Trinajstić information content (AvgIpc) is 3.30. The second-order valence-electron chi connectivity index (χ2n) is 6.18. The van der Waals surface area contributed by atoms with E-state index < -0.39 is 0 Å². The number of furan rings is 1. The van der Waals surface area contributed by atoms with E-state index in [4.69, 9.17) is 8.83 Å². The van der Waals surface area contributed by atoms with Crippen molar-refractivity contribution in [2.75, 3.05) is 13.1 Å². The Morgan fingerprint density at radius 1 is 1.29 bits per heavy atom. The Labute approximate surface area is 139 Å². The molecule has 1 aliphatic rings. The molecule has 4 rings (SSSR count). The quantitative estimate of drug-likeness (QED) is 0.738. The van der Waals surface area contributed by atoms with Crippen LogP contribution < -0.4 is 0 Å². The van der Waals surface area contributed by atoms with Crippen LogP contribution in [0.25, 0.3) is 11.0 Å². The lowest BCUT2D eigenvalue weighted by Gasteiger charge is -2.30. The minimum absolute atomic E-state index is 0.0333. The fraction of sp³-hybridized carbons (Fsp3) is 0.389. The van der Waals surface area contributed by atoms with E-state index in [1.54, 1.807) is 6.26 Å². The first-order valence-corrected chi connectivity index (χ1v) is 8.31. The van der Waals surface area contributed by atoms with Crippen molar-refractivity contribution in [1.29, 1.82) is 0 Å². The highest BCUT2D eigenvalue weighted by Gasteiger charge is 2.28. The molecule has 24 heavy (non-hydrogen) atoms. The van der Waals surface area contributed by atoms with Crippen molar-refractivity contribution >= 4 is 16.9 Å². The standard InChI is InChI=1S/C18H19N3O3/c1-2-12-3-4-16-14(9-12)15(10-23-16)18(22)21-7-5-13(6-8-21)17-20-19-11-24-17/h3-4,9-11,13H,2,5-8H2,1H3. The number of nitrogens with zero attached hydrogens (tertiary/aromatic N) is 3. The molecule has 0 N–H and O–H groups in total. The van der Waals surface area contributed by atoms with Gasteiger partial charge in [0.2, 0.25) is 12.3 Å². The second kappa shape index (κ2) is 6.11. The molecule has 1 aromatic carbocycles. The number of likely N-dealkylation sites (tertiary alicyclic amines) is 1. The molecular formula is C18H19N3O3. The number of benzene rings is 1. The number of hydrogen-bond donors (Lipinski definition) is 0. The molecule has 6 nitrogen and oxygen atoms in total. The van der Waals surface area contributed by atoms with Crippen LogP contribution in [0.2, 0.25) is 0 Å². The van der Waals surface area contributed by atoms with Gasteiger partial charge in [0.15, 0.2) is 0 Å². The Bertz CT molecular complexity index is 846. The van der Waals surface area contributed by atoms with Gasteiger partial charge in [0, 0.05) is 24.4 Å². The summed E-state index contributed by atoms with van der Waals surface area (Å²) in [6, 6.07) is 6.03. The van der Waals surface area contributed by atoms with Crippen molar-refractivity contribution in [3.63, 3.8) is 0 Å². The summed E-state index contributed by atoms with van der Waals surface area (Å²) in [6.45, 7) is 3.48. The largest absolute Gasteiger partial charge is 0.463 e. The third kappa shape index (κ3) is 2.58. The van der Waals surface area contributed by atoms with Crippen LogP contribution in [0.15, 0.2) is 39.7 Å². The smallest absolute Gasteiger partial charge is 0.257 e. The molecule has 124 valence electrons. The summed E-state index contributed by atoms with van der Waals surface area (Å²) >= 11 is 0. The van der Waals surface area contributed by atoms with Crippen molar-refractivity contribution in [2.45, 2.75) is 32.1 Å². The summed E-state index contributed by atoms with van der Waals surface area (Å²) in [6.07, 6.45) is 5.55. The molecule has 3 heterocycles. The van der Waals surface area contributed by atoms with E-state index in [0.29, 0.717) is 24.5 Å². The van der Waals surface area contributed by atoms with E-state index in [2.05, 4.69) is 23.2 Å². The number of carbonyl (C=O) groups is 1. The third-order valence-corrected chi connectivity index (χ3v) is 4.78. The van der Waals surface area contributed by atoms with Crippen LogP contribution in [-0.2, 0) is 6.42 Å². The van der Waals surface area contributed by atoms with Crippen molar-refractivity contribution in [1.82, 2.24) is 15.1 Å². The van der Waals surface area contributed by atoms with Gasteiger partial charge in [-0.3, -0.25) is 4.79 Å². The maximum absolute atomic E-state index is 12.9. The van der Waals surface area contributed by atoms with E-state index in [0.717, 1.165) is 30.2 Å². The van der Waals surface area contributed by atoms with Crippen LogP contribution in [0, 0.1) is 0 Å². The van der Waals surface area contributed by atoms with Gasteiger partial charge in [0.1, 0.15) is 11.8 Å². The number of hydrogen-bond acceptors (Lipinski definition) is 5. The van der Waals surface area contributed by atoms with Gasteiger partial charge < -0.3 is 13.7 Å². The molecule has 1 fully saturated rings. The molecule has 0 saturated carbocycles.